The summed E-state index contributed by atoms with van der Waals surface area (Å²) in [6.07, 6.45) is -16.1. The van der Waals surface area contributed by atoms with Crippen molar-refractivity contribution < 1.29 is 118 Å². The van der Waals surface area contributed by atoms with Crippen LogP contribution >= 0.6 is 0 Å². The largest absolute Gasteiger partial charge is 0.459 e. The Bertz CT molecular complexity index is 1720. The average molecular weight is 858 g/mol. The number of alkyl halides is 20. The Hall–Kier alpha value is -3.34. The Balaban J connectivity index is 2.53. The summed E-state index contributed by atoms with van der Waals surface area (Å²) in [5, 5.41) is 0. The number of ether oxygens (including phenoxy) is 1. The maximum absolute atomic E-state index is 14.8. The molecule has 0 N–H and O–H groups in total. The van der Waals surface area contributed by atoms with Gasteiger partial charge in [-0.05, 0) is 48.5 Å². The lowest BCUT2D eigenvalue weighted by molar-refractivity contribution is -0.436. The van der Waals surface area contributed by atoms with Crippen LogP contribution in [0.25, 0.3) is 0 Å². The SMILES string of the molecule is CS(=O)(=O)OC(F)(C(F)(F)C(F)(F)F)C(F)(F)C(F)(F)c1ccc(Oc2ccc(C(F)(F)C(F)(F)C(F)(OS(C)(=O)=O)C(F)(F)C(F)(F)F)cc2)cc1. The van der Waals surface area contributed by atoms with Crippen molar-refractivity contribution in [2.45, 2.75) is 59.6 Å². The van der Waals surface area contributed by atoms with Crippen molar-refractivity contribution in [1.82, 2.24) is 0 Å². The third-order valence-corrected chi connectivity index (χ3v) is 7.38. The summed E-state index contributed by atoms with van der Waals surface area (Å²) in [4.78, 5) is 0. The quantitative estimate of drug-likeness (QED) is 0.139. The maximum atomic E-state index is 14.8. The summed E-state index contributed by atoms with van der Waals surface area (Å²) >= 11 is 0. The van der Waals surface area contributed by atoms with Crippen LogP contribution in [0.1, 0.15) is 11.1 Å². The molecule has 0 saturated carbocycles. The van der Waals surface area contributed by atoms with E-state index in [-0.39, 0.29) is 48.5 Å². The van der Waals surface area contributed by atoms with Crippen LogP contribution in [-0.2, 0) is 40.4 Å². The molecule has 0 saturated heterocycles. The molecule has 0 aliphatic carbocycles. The molecule has 2 atom stereocenters. The Labute approximate surface area is 281 Å². The highest BCUT2D eigenvalue weighted by Crippen LogP contribution is 2.61. The maximum Gasteiger partial charge on any atom is 0.459 e. The van der Waals surface area contributed by atoms with E-state index in [1.807, 2.05) is 0 Å². The fraction of sp³-hybridized carbons (Fsp3) is 0.500. The van der Waals surface area contributed by atoms with Gasteiger partial charge in [-0.25, -0.2) is 8.37 Å². The molecule has 2 rings (SSSR count). The minimum absolute atomic E-state index is 0.0917. The Kier molecular flexibility index (Phi) is 11.4. The molecule has 0 fully saturated rings. The Morgan fingerprint density at radius 1 is 0.396 bits per heavy atom. The van der Waals surface area contributed by atoms with E-state index in [4.69, 9.17) is 4.74 Å². The van der Waals surface area contributed by atoms with Gasteiger partial charge in [-0.2, -0.15) is 105 Å². The zero-order valence-corrected chi connectivity index (χ0v) is 26.5. The summed E-state index contributed by atoms with van der Waals surface area (Å²) in [5.74, 6) is -59.8. The first kappa shape index (κ1) is 45.8. The molecule has 0 aliphatic heterocycles. The van der Waals surface area contributed by atoms with Gasteiger partial charge >= 0.3 is 59.6 Å². The number of halogens is 20. The fourth-order valence-corrected chi connectivity index (χ4v) is 5.01. The van der Waals surface area contributed by atoms with Crippen LogP contribution in [0.4, 0.5) is 87.8 Å². The number of hydrogen-bond donors (Lipinski definition) is 0. The van der Waals surface area contributed by atoms with E-state index in [9.17, 15) is 105 Å². The second-order valence-electron chi connectivity index (χ2n) is 10.4. The molecular formula is C24H14F20O7S2. The van der Waals surface area contributed by atoms with Crippen molar-refractivity contribution in [3.05, 3.63) is 59.7 Å². The van der Waals surface area contributed by atoms with Crippen LogP contribution in [0.3, 0.4) is 0 Å². The topological polar surface area (TPSA) is 96.0 Å². The summed E-state index contributed by atoms with van der Waals surface area (Å²) in [6, 6.07) is -0.846. The lowest BCUT2D eigenvalue weighted by atomic mass is 9.92. The molecule has 0 bridgehead atoms. The summed E-state index contributed by atoms with van der Waals surface area (Å²) in [6.45, 7) is 0. The van der Waals surface area contributed by atoms with Crippen LogP contribution in [0.15, 0.2) is 48.5 Å². The number of benzene rings is 2. The van der Waals surface area contributed by atoms with E-state index in [0.29, 0.717) is 0 Å². The highest BCUT2D eigenvalue weighted by Gasteiger charge is 2.89. The van der Waals surface area contributed by atoms with E-state index in [1.54, 1.807) is 0 Å². The van der Waals surface area contributed by atoms with E-state index in [1.165, 1.54) is 0 Å². The molecule has 0 radical (unpaired) electrons. The first-order valence-corrected chi connectivity index (χ1v) is 16.2. The summed E-state index contributed by atoms with van der Waals surface area (Å²) in [5.41, 5.74) is -4.71. The second kappa shape index (κ2) is 13.2. The molecule has 0 amide bonds. The van der Waals surface area contributed by atoms with Crippen LogP contribution in [0.5, 0.6) is 11.5 Å². The minimum Gasteiger partial charge on any atom is -0.457 e. The van der Waals surface area contributed by atoms with E-state index in [2.05, 4.69) is 8.37 Å². The number of rotatable bonds is 14. The smallest absolute Gasteiger partial charge is 0.457 e. The molecule has 0 aliphatic rings. The van der Waals surface area contributed by atoms with Gasteiger partial charge in [0, 0.05) is 11.1 Å². The Morgan fingerprint density at radius 3 is 0.811 bits per heavy atom. The van der Waals surface area contributed by atoms with Crippen molar-refractivity contribution in [3.8, 4) is 11.5 Å². The molecule has 2 unspecified atom stereocenters. The highest BCUT2D eigenvalue weighted by molar-refractivity contribution is 7.86. The van der Waals surface area contributed by atoms with Gasteiger partial charge in [-0.1, -0.05) is 0 Å². The van der Waals surface area contributed by atoms with Gasteiger partial charge in [0.15, 0.2) is 0 Å². The first-order valence-electron chi connectivity index (χ1n) is 12.6. The lowest BCUT2D eigenvalue weighted by Crippen LogP contribution is -2.69. The van der Waals surface area contributed by atoms with Gasteiger partial charge in [-0.15, -0.1) is 0 Å². The van der Waals surface area contributed by atoms with E-state index in [0.717, 1.165) is 0 Å². The predicted octanol–water partition coefficient (Wildman–Crippen LogP) is 8.61. The molecule has 0 heterocycles. The molecule has 2 aromatic carbocycles. The normalized spacial score (nSPS) is 17.2. The Morgan fingerprint density at radius 2 is 0.623 bits per heavy atom. The summed E-state index contributed by atoms with van der Waals surface area (Å²) < 4.78 is 333. The van der Waals surface area contributed by atoms with Crippen molar-refractivity contribution >= 4 is 20.2 Å². The standard InChI is InChI=1S/C24H14F20O7S2/c1-52(45,46)50-21(37,19(33,34)23(39,40)41)17(29,30)15(25,26)11-3-7-13(8-4-11)49-14-9-5-12(6-10-14)16(27,28)18(31,32)22(38,51-53(2,47)48)20(35,36)24(42,43)44/h3-10H,1-2H3. The third kappa shape index (κ3) is 7.78. The summed E-state index contributed by atoms with van der Waals surface area (Å²) in [7, 11) is -12.3. The van der Waals surface area contributed by atoms with Crippen molar-refractivity contribution in [2.24, 2.45) is 0 Å². The fourth-order valence-electron chi connectivity index (χ4n) is 3.75. The van der Waals surface area contributed by atoms with Gasteiger partial charge in [0.2, 0.25) is 0 Å². The molecular weight excluding hydrogens is 844 g/mol. The average Bonchev–Trinajstić information content (AvgIpc) is 2.94. The molecule has 0 aromatic heterocycles. The van der Waals surface area contributed by atoms with Gasteiger partial charge in [0.25, 0.3) is 20.2 Å². The lowest BCUT2D eigenvalue weighted by Gasteiger charge is -2.40. The molecule has 53 heavy (non-hydrogen) atoms. The minimum atomic E-state index is -7.66. The van der Waals surface area contributed by atoms with Crippen LogP contribution in [0, 0.1) is 0 Å². The second-order valence-corrected chi connectivity index (χ2v) is 13.5. The van der Waals surface area contributed by atoms with E-state index < -0.39 is 115 Å². The van der Waals surface area contributed by atoms with Gasteiger partial charge in [0.1, 0.15) is 11.5 Å². The van der Waals surface area contributed by atoms with Crippen LogP contribution < -0.4 is 4.74 Å². The van der Waals surface area contributed by atoms with Crippen molar-refractivity contribution in [3.63, 3.8) is 0 Å². The highest BCUT2D eigenvalue weighted by atomic mass is 32.2. The third-order valence-electron chi connectivity index (χ3n) is 6.32. The van der Waals surface area contributed by atoms with Gasteiger partial charge < -0.3 is 4.74 Å². The molecule has 7 nitrogen and oxygen atoms in total. The molecule has 304 valence electrons. The van der Waals surface area contributed by atoms with E-state index >= 15 is 0 Å². The van der Waals surface area contributed by atoms with Crippen molar-refractivity contribution in [2.75, 3.05) is 12.5 Å². The van der Waals surface area contributed by atoms with Gasteiger partial charge in [-0.3, -0.25) is 0 Å². The number of hydrogen-bond acceptors (Lipinski definition) is 7. The predicted molar refractivity (Wildman–Crippen MR) is 132 cm³/mol. The van der Waals surface area contributed by atoms with Crippen LogP contribution in [-0.4, -0.2) is 77.1 Å². The van der Waals surface area contributed by atoms with Gasteiger partial charge in [0.05, 0.1) is 12.5 Å². The monoisotopic (exact) mass is 858 g/mol. The zero-order valence-electron chi connectivity index (χ0n) is 24.9. The molecule has 29 heteroatoms. The first-order chi connectivity index (χ1) is 23.1. The molecule has 0 spiro atoms. The van der Waals surface area contributed by atoms with Crippen molar-refractivity contribution in [1.29, 1.82) is 0 Å². The van der Waals surface area contributed by atoms with Crippen LogP contribution in [0.2, 0.25) is 0 Å². The zero-order chi connectivity index (χ0) is 42.1. The molecule has 2 aromatic rings.